The first-order chi connectivity index (χ1) is 6.19. The second-order valence-electron chi connectivity index (χ2n) is 2.80. The Bertz CT molecular complexity index is 287. The maximum atomic E-state index is 6.00. The van der Waals surface area contributed by atoms with Crippen LogP contribution in [0, 0.1) is 3.57 Å². The molecule has 0 radical (unpaired) electrons. The van der Waals surface area contributed by atoms with Crippen LogP contribution in [0.1, 0.15) is 24.9 Å². The smallest absolute Gasteiger partial charge is 0.0542 e. The van der Waals surface area contributed by atoms with Crippen molar-refractivity contribution < 1.29 is 0 Å². The molecule has 0 aliphatic heterocycles. The molecule has 1 aromatic carbocycles. The monoisotopic (exact) mass is 310 g/mol. The fraction of sp³-hybridized carbons (Fsp3) is 0.333. The number of nitrogens with two attached hydrogens (primary N) is 1. The summed E-state index contributed by atoms with van der Waals surface area (Å²) >= 11 is 8.20. The third-order valence-electron chi connectivity index (χ3n) is 1.96. The SMILES string of the molecule is CCC(NN)c1ccc(I)c(Cl)c1. The Morgan fingerprint density at radius 3 is 2.77 bits per heavy atom. The van der Waals surface area contributed by atoms with E-state index in [9.17, 15) is 0 Å². The molecule has 0 amide bonds. The zero-order chi connectivity index (χ0) is 9.84. The van der Waals surface area contributed by atoms with Crippen LogP contribution in [0.15, 0.2) is 18.2 Å². The second-order valence-corrected chi connectivity index (χ2v) is 4.37. The summed E-state index contributed by atoms with van der Waals surface area (Å²) < 4.78 is 1.06. The first kappa shape index (κ1) is 11.2. The topological polar surface area (TPSA) is 38.0 Å². The van der Waals surface area contributed by atoms with Crippen molar-refractivity contribution in [3.05, 3.63) is 32.4 Å². The molecule has 2 nitrogen and oxygen atoms in total. The lowest BCUT2D eigenvalue weighted by Crippen LogP contribution is -2.27. The van der Waals surface area contributed by atoms with Crippen molar-refractivity contribution in [2.45, 2.75) is 19.4 Å². The molecule has 1 atom stereocenters. The minimum atomic E-state index is 0.189. The van der Waals surface area contributed by atoms with Gasteiger partial charge in [0.05, 0.1) is 5.02 Å². The van der Waals surface area contributed by atoms with Crippen molar-refractivity contribution in [3.63, 3.8) is 0 Å². The van der Waals surface area contributed by atoms with Gasteiger partial charge in [-0.15, -0.1) is 0 Å². The van der Waals surface area contributed by atoms with Crippen molar-refractivity contribution in [2.75, 3.05) is 0 Å². The molecule has 0 fully saturated rings. The largest absolute Gasteiger partial charge is 0.271 e. The number of benzene rings is 1. The number of hydrazine groups is 1. The summed E-state index contributed by atoms with van der Waals surface area (Å²) in [4.78, 5) is 0. The zero-order valence-corrected chi connectivity index (χ0v) is 10.3. The molecule has 13 heavy (non-hydrogen) atoms. The Morgan fingerprint density at radius 2 is 2.31 bits per heavy atom. The van der Waals surface area contributed by atoms with Gasteiger partial charge in [-0.25, -0.2) is 0 Å². The summed E-state index contributed by atoms with van der Waals surface area (Å²) in [6, 6.07) is 6.19. The first-order valence-electron chi connectivity index (χ1n) is 4.10. The summed E-state index contributed by atoms with van der Waals surface area (Å²) in [5.74, 6) is 5.41. The number of hydrogen-bond acceptors (Lipinski definition) is 2. The van der Waals surface area contributed by atoms with E-state index < -0.39 is 0 Å². The normalized spacial score (nSPS) is 12.9. The van der Waals surface area contributed by atoms with E-state index in [1.165, 1.54) is 0 Å². The van der Waals surface area contributed by atoms with E-state index in [1.54, 1.807) is 0 Å². The molecule has 0 aromatic heterocycles. The number of hydrogen-bond donors (Lipinski definition) is 2. The fourth-order valence-electron chi connectivity index (χ4n) is 1.18. The van der Waals surface area contributed by atoms with E-state index in [-0.39, 0.29) is 6.04 Å². The quantitative estimate of drug-likeness (QED) is 0.512. The van der Waals surface area contributed by atoms with Crippen LogP contribution >= 0.6 is 34.2 Å². The van der Waals surface area contributed by atoms with Gasteiger partial charge in [-0.1, -0.05) is 24.6 Å². The van der Waals surface area contributed by atoms with Crippen molar-refractivity contribution >= 4 is 34.2 Å². The summed E-state index contributed by atoms with van der Waals surface area (Å²) in [5.41, 5.74) is 3.89. The van der Waals surface area contributed by atoms with Gasteiger partial charge in [-0.05, 0) is 46.7 Å². The number of rotatable bonds is 3. The molecular weight excluding hydrogens is 298 g/mol. The van der Waals surface area contributed by atoms with Gasteiger partial charge in [0.15, 0.2) is 0 Å². The van der Waals surface area contributed by atoms with Crippen molar-refractivity contribution in [1.29, 1.82) is 0 Å². The average molecular weight is 311 g/mol. The molecular formula is C9H12ClIN2. The van der Waals surface area contributed by atoms with Gasteiger partial charge in [-0.2, -0.15) is 0 Å². The highest BCUT2D eigenvalue weighted by Crippen LogP contribution is 2.24. The van der Waals surface area contributed by atoms with Crippen LogP contribution in [0.2, 0.25) is 5.02 Å². The van der Waals surface area contributed by atoms with Gasteiger partial charge in [0.25, 0.3) is 0 Å². The van der Waals surface area contributed by atoms with E-state index in [0.29, 0.717) is 0 Å². The Labute approximate surface area is 97.0 Å². The van der Waals surface area contributed by atoms with Crippen molar-refractivity contribution in [1.82, 2.24) is 5.43 Å². The predicted octanol–water partition coefficient (Wildman–Crippen LogP) is 2.86. The molecule has 4 heteroatoms. The summed E-state index contributed by atoms with van der Waals surface area (Å²) in [5, 5.41) is 0.784. The van der Waals surface area contributed by atoms with E-state index in [0.717, 1.165) is 20.6 Å². The molecule has 0 aliphatic carbocycles. The minimum Gasteiger partial charge on any atom is -0.271 e. The van der Waals surface area contributed by atoms with Crippen molar-refractivity contribution in [3.8, 4) is 0 Å². The molecule has 0 bridgehead atoms. The summed E-state index contributed by atoms with van der Waals surface area (Å²) in [7, 11) is 0. The lowest BCUT2D eigenvalue weighted by atomic mass is 10.1. The molecule has 1 unspecified atom stereocenters. The Morgan fingerprint density at radius 1 is 1.62 bits per heavy atom. The van der Waals surface area contributed by atoms with E-state index in [2.05, 4.69) is 34.9 Å². The van der Waals surface area contributed by atoms with Crippen LogP contribution in [-0.4, -0.2) is 0 Å². The first-order valence-corrected chi connectivity index (χ1v) is 5.55. The van der Waals surface area contributed by atoms with Gasteiger partial charge in [-0.3, -0.25) is 11.3 Å². The van der Waals surface area contributed by atoms with Gasteiger partial charge < -0.3 is 0 Å². The van der Waals surface area contributed by atoms with Crippen LogP contribution in [0.5, 0.6) is 0 Å². The van der Waals surface area contributed by atoms with Gasteiger partial charge >= 0.3 is 0 Å². The standard InChI is InChI=1S/C9H12ClIN2/c1-2-9(13-12)6-3-4-8(11)7(10)5-6/h3-5,9,13H,2,12H2,1H3. The van der Waals surface area contributed by atoms with Crippen LogP contribution in [0.4, 0.5) is 0 Å². The minimum absolute atomic E-state index is 0.189. The van der Waals surface area contributed by atoms with Gasteiger partial charge in [0, 0.05) is 9.61 Å². The molecule has 72 valence electrons. The highest BCUT2D eigenvalue weighted by molar-refractivity contribution is 14.1. The van der Waals surface area contributed by atoms with Gasteiger partial charge in [0.2, 0.25) is 0 Å². The molecule has 3 N–H and O–H groups in total. The maximum Gasteiger partial charge on any atom is 0.0542 e. The third kappa shape index (κ3) is 2.80. The van der Waals surface area contributed by atoms with Gasteiger partial charge in [0.1, 0.15) is 0 Å². The average Bonchev–Trinajstić information content (AvgIpc) is 2.13. The predicted molar refractivity (Wildman–Crippen MR) is 64.5 cm³/mol. The molecule has 1 rings (SSSR count). The highest BCUT2D eigenvalue weighted by atomic mass is 127. The van der Waals surface area contributed by atoms with Crippen LogP contribution in [0.25, 0.3) is 0 Å². The lowest BCUT2D eigenvalue weighted by molar-refractivity contribution is 0.539. The molecule has 0 saturated heterocycles. The van der Waals surface area contributed by atoms with Crippen LogP contribution < -0.4 is 11.3 Å². The Hall–Kier alpha value is 0.160. The second kappa shape index (κ2) is 5.14. The number of halogens is 2. The molecule has 0 spiro atoms. The Balaban J connectivity index is 2.95. The number of nitrogens with one attached hydrogen (secondary N) is 1. The lowest BCUT2D eigenvalue weighted by Gasteiger charge is -2.14. The molecule has 0 saturated carbocycles. The molecule has 1 aromatic rings. The molecule has 0 aliphatic rings. The van der Waals surface area contributed by atoms with Crippen LogP contribution in [-0.2, 0) is 0 Å². The third-order valence-corrected chi connectivity index (χ3v) is 3.53. The summed E-state index contributed by atoms with van der Waals surface area (Å²) in [6.07, 6.45) is 0.952. The fourth-order valence-corrected chi connectivity index (χ4v) is 1.70. The van der Waals surface area contributed by atoms with Crippen LogP contribution in [0.3, 0.4) is 0 Å². The van der Waals surface area contributed by atoms with E-state index >= 15 is 0 Å². The van der Waals surface area contributed by atoms with E-state index in [4.69, 9.17) is 17.4 Å². The Kier molecular flexibility index (Phi) is 4.45. The molecule has 0 heterocycles. The van der Waals surface area contributed by atoms with E-state index in [1.807, 2.05) is 18.2 Å². The highest BCUT2D eigenvalue weighted by Gasteiger charge is 2.07. The summed E-state index contributed by atoms with van der Waals surface area (Å²) in [6.45, 7) is 2.08. The van der Waals surface area contributed by atoms with Crippen molar-refractivity contribution in [2.24, 2.45) is 5.84 Å². The zero-order valence-electron chi connectivity index (χ0n) is 7.35. The maximum absolute atomic E-state index is 6.00.